The molecular formula is CHMnN4-. The Kier molecular flexibility index (Phi) is 2.62. The fraction of sp³-hybridized carbons (Fsp3) is 0. The third kappa shape index (κ3) is 1.14. The van der Waals surface area contributed by atoms with Crippen LogP contribution in [0.2, 0.25) is 0 Å². The van der Waals surface area contributed by atoms with E-state index in [1.54, 1.807) is 0 Å². The first kappa shape index (κ1) is 5.59. The molecule has 6 heavy (non-hydrogen) atoms. The Morgan fingerprint density at radius 2 is 2.33 bits per heavy atom. The molecule has 0 aliphatic rings. The molecule has 0 atom stereocenters. The topological polar surface area (TPSA) is 54.5 Å². The van der Waals surface area contributed by atoms with E-state index in [4.69, 9.17) is 0 Å². The Bertz CT molecular complexity index is 64.0. The molecule has 0 aliphatic heterocycles. The van der Waals surface area contributed by atoms with Crippen molar-refractivity contribution in [2.45, 2.75) is 0 Å². The number of aromatic nitrogens is 4. The minimum Gasteiger partial charge on any atom is -0.357 e. The van der Waals surface area contributed by atoms with Gasteiger partial charge in [0, 0.05) is 17.1 Å². The van der Waals surface area contributed by atoms with E-state index in [0.717, 1.165) is 0 Å². The molecule has 5 heteroatoms. The van der Waals surface area contributed by atoms with Gasteiger partial charge in [0.25, 0.3) is 0 Å². The van der Waals surface area contributed by atoms with Crippen molar-refractivity contribution in [3.8, 4) is 0 Å². The molecule has 0 saturated heterocycles. The van der Waals surface area contributed by atoms with Crippen LogP contribution in [-0.2, 0) is 17.1 Å². The maximum Gasteiger partial charge on any atom is 0 e. The van der Waals surface area contributed by atoms with Gasteiger partial charge in [0.05, 0.1) is 0 Å². The standard InChI is InChI=1S/CHN4.Mn/c1-2-4-5-3-1;/h(H,2,3,4,5);/q-1;. The second kappa shape index (κ2) is 2.81. The third-order valence-electron chi connectivity index (χ3n) is 0.239. The van der Waals surface area contributed by atoms with Crippen molar-refractivity contribution in [3.63, 3.8) is 0 Å². The minimum atomic E-state index is 0. The Balaban J connectivity index is 0.000000250. The van der Waals surface area contributed by atoms with Gasteiger partial charge in [-0.3, -0.25) is 0 Å². The molecule has 4 nitrogen and oxygen atoms in total. The van der Waals surface area contributed by atoms with Crippen molar-refractivity contribution in [2.75, 3.05) is 0 Å². The molecule has 1 aromatic rings. The number of tetrazole rings is 1. The van der Waals surface area contributed by atoms with Crippen LogP contribution >= 0.6 is 0 Å². The van der Waals surface area contributed by atoms with E-state index in [2.05, 4.69) is 27.0 Å². The summed E-state index contributed by atoms with van der Waals surface area (Å²) in [5.41, 5.74) is 0. The Morgan fingerprint density at radius 3 is 2.50 bits per heavy atom. The van der Waals surface area contributed by atoms with E-state index in [9.17, 15) is 0 Å². The van der Waals surface area contributed by atoms with Crippen molar-refractivity contribution in [3.05, 3.63) is 6.33 Å². The predicted molar refractivity (Wildman–Crippen MR) is 13.0 cm³/mol. The Labute approximate surface area is 44.8 Å². The molecule has 0 saturated carbocycles. The zero-order valence-electron chi connectivity index (χ0n) is 2.72. The average Bonchev–Trinajstić information content (AvgIpc) is 1.76. The molecular weight excluding hydrogens is 123 g/mol. The maximum absolute atomic E-state index is 3.25. The summed E-state index contributed by atoms with van der Waals surface area (Å²) in [6, 6.07) is 0. The number of hydrogen-bond donors (Lipinski definition) is 1. The van der Waals surface area contributed by atoms with Crippen LogP contribution in [0.5, 0.6) is 0 Å². The molecule has 33 valence electrons. The molecule has 1 N–H and O–H groups in total. The van der Waals surface area contributed by atoms with Crippen molar-refractivity contribution >= 4 is 0 Å². The van der Waals surface area contributed by atoms with Crippen LogP contribution in [-0.4, -0.2) is 20.6 Å². The molecule has 1 rings (SSSR count). The van der Waals surface area contributed by atoms with Crippen molar-refractivity contribution in [2.24, 2.45) is 0 Å². The van der Waals surface area contributed by atoms with Gasteiger partial charge >= 0.3 is 0 Å². The van der Waals surface area contributed by atoms with Crippen LogP contribution in [0.3, 0.4) is 0 Å². The molecule has 1 radical (unpaired) electrons. The zero-order valence-corrected chi connectivity index (χ0v) is 3.90. The van der Waals surface area contributed by atoms with Crippen LogP contribution in [0.1, 0.15) is 0 Å². The summed E-state index contributed by atoms with van der Waals surface area (Å²) in [6.45, 7) is 0. The van der Waals surface area contributed by atoms with Gasteiger partial charge in [-0.25, -0.2) is 11.5 Å². The molecule has 0 aromatic carbocycles. The fourth-order valence-corrected chi connectivity index (χ4v) is 0.112. The summed E-state index contributed by atoms with van der Waals surface area (Å²) in [7, 11) is 0. The zero-order chi connectivity index (χ0) is 3.54. The summed E-state index contributed by atoms with van der Waals surface area (Å²) < 4.78 is 0. The normalized spacial score (nSPS) is 6.67. The molecule has 1 aromatic heterocycles. The van der Waals surface area contributed by atoms with Gasteiger partial charge in [0.15, 0.2) is 0 Å². The van der Waals surface area contributed by atoms with Gasteiger partial charge in [-0.05, 0) is 0 Å². The van der Waals surface area contributed by atoms with Gasteiger partial charge in [0.1, 0.15) is 0 Å². The van der Waals surface area contributed by atoms with Gasteiger partial charge < -0.3 is 10.2 Å². The second-order valence-electron chi connectivity index (χ2n) is 0.512. The summed E-state index contributed by atoms with van der Waals surface area (Å²) >= 11 is 0. The Hall–Kier alpha value is -0.411. The SMILES string of the molecule is [Mn].[c-]1nn[nH]n1. The van der Waals surface area contributed by atoms with E-state index in [0.29, 0.717) is 0 Å². The first-order chi connectivity index (χ1) is 2.50. The third-order valence-corrected chi connectivity index (χ3v) is 0.239. The second-order valence-corrected chi connectivity index (χ2v) is 0.512. The summed E-state index contributed by atoms with van der Waals surface area (Å²) in [6.07, 6.45) is 2.19. The van der Waals surface area contributed by atoms with Gasteiger partial charge in [0.2, 0.25) is 0 Å². The van der Waals surface area contributed by atoms with E-state index in [1.807, 2.05) is 0 Å². The molecule has 1 heterocycles. The van der Waals surface area contributed by atoms with Crippen LogP contribution < -0.4 is 0 Å². The summed E-state index contributed by atoms with van der Waals surface area (Å²) in [5, 5.41) is 11.8. The van der Waals surface area contributed by atoms with Crippen LogP contribution in [0.25, 0.3) is 0 Å². The number of hydrogen-bond acceptors (Lipinski definition) is 3. The summed E-state index contributed by atoms with van der Waals surface area (Å²) in [4.78, 5) is 0. The van der Waals surface area contributed by atoms with Gasteiger partial charge in [-0.2, -0.15) is 0 Å². The van der Waals surface area contributed by atoms with Crippen molar-refractivity contribution in [1.29, 1.82) is 0 Å². The molecule has 0 fully saturated rings. The first-order valence-electron chi connectivity index (χ1n) is 1.09. The van der Waals surface area contributed by atoms with E-state index < -0.39 is 0 Å². The molecule has 0 aliphatic carbocycles. The predicted octanol–water partition coefficient (Wildman–Crippen LogP) is -1.00. The first-order valence-corrected chi connectivity index (χ1v) is 1.09. The number of nitrogens with one attached hydrogen (secondary N) is 1. The number of nitrogens with zero attached hydrogens (tertiary/aromatic N) is 3. The van der Waals surface area contributed by atoms with Gasteiger partial charge in [-0.15, -0.1) is 0 Å². The monoisotopic (exact) mass is 124 g/mol. The van der Waals surface area contributed by atoms with Crippen molar-refractivity contribution < 1.29 is 17.1 Å². The number of aromatic amines is 1. The molecule has 0 spiro atoms. The largest absolute Gasteiger partial charge is 0.357 e. The van der Waals surface area contributed by atoms with E-state index >= 15 is 0 Å². The van der Waals surface area contributed by atoms with Crippen LogP contribution in [0, 0.1) is 6.33 Å². The van der Waals surface area contributed by atoms with Crippen LogP contribution in [0.4, 0.5) is 0 Å². The molecule has 0 unspecified atom stereocenters. The maximum atomic E-state index is 3.25. The van der Waals surface area contributed by atoms with Crippen LogP contribution in [0.15, 0.2) is 0 Å². The number of rotatable bonds is 0. The summed E-state index contributed by atoms with van der Waals surface area (Å²) in [5.74, 6) is 0. The quantitative estimate of drug-likeness (QED) is 0.356. The van der Waals surface area contributed by atoms with Crippen molar-refractivity contribution in [1.82, 2.24) is 20.6 Å². The molecule has 0 bridgehead atoms. The van der Waals surface area contributed by atoms with E-state index in [1.165, 1.54) is 0 Å². The number of H-pyrrole nitrogens is 1. The Morgan fingerprint density at radius 1 is 1.50 bits per heavy atom. The van der Waals surface area contributed by atoms with Gasteiger partial charge in [-0.1, -0.05) is 5.21 Å². The molecule has 0 amide bonds. The fourth-order valence-electron chi connectivity index (χ4n) is 0.112. The average molecular weight is 124 g/mol. The minimum absolute atomic E-state index is 0. The van der Waals surface area contributed by atoms with E-state index in [-0.39, 0.29) is 17.1 Å². The smallest absolute Gasteiger partial charge is 0 e.